The summed E-state index contributed by atoms with van der Waals surface area (Å²) in [7, 11) is -2.58. The Morgan fingerprint density at radius 1 is 1.55 bits per heavy atom. The van der Waals surface area contributed by atoms with Crippen molar-refractivity contribution in [1.82, 2.24) is 4.67 Å². The molecule has 11 heavy (non-hydrogen) atoms. The van der Waals surface area contributed by atoms with Crippen molar-refractivity contribution in [1.29, 1.82) is 0 Å². The SMILES string of the molecule is COP(=O)([O-])N1CCOCC1. The molecule has 1 rings (SSSR count). The van der Waals surface area contributed by atoms with Gasteiger partial charge in [-0.1, -0.05) is 0 Å². The highest BCUT2D eigenvalue weighted by Crippen LogP contribution is 2.40. The van der Waals surface area contributed by atoms with Crippen molar-refractivity contribution in [2.24, 2.45) is 0 Å². The maximum Gasteiger partial charge on any atom is 0.206 e. The molecule has 0 aromatic rings. The summed E-state index contributed by atoms with van der Waals surface area (Å²) in [4.78, 5) is 11.0. The monoisotopic (exact) mass is 180 g/mol. The molecule has 66 valence electrons. The van der Waals surface area contributed by atoms with E-state index in [1.165, 1.54) is 11.8 Å². The molecule has 1 saturated heterocycles. The molecule has 5 nitrogen and oxygen atoms in total. The number of morpholine rings is 1. The lowest BCUT2D eigenvalue weighted by molar-refractivity contribution is -0.213. The molecule has 0 radical (unpaired) electrons. The normalized spacial score (nSPS) is 26.4. The third-order valence-electron chi connectivity index (χ3n) is 1.56. The zero-order valence-electron chi connectivity index (χ0n) is 6.36. The Bertz CT molecular complexity index is 168. The van der Waals surface area contributed by atoms with Crippen LogP contribution in [-0.2, 0) is 13.8 Å². The fourth-order valence-corrected chi connectivity index (χ4v) is 1.80. The molecule has 0 aromatic heterocycles. The van der Waals surface area contributed by atoms with Crippen molar-refractivity contribution >= 4 is 7.75 Å². The molecular weight excluding hydrogens is 169 g/mol. The minimum Gasteiger partial charge on any atom is -0.766 e. The number of hydrogen-bond donors (Lipinski definition) is 0. The van der Waals surface area contributed by atoms with Crippen LogP contribution < -0.4 is 4.89 Å². The van der Waals surface area contributed by atoms with Gasteiger partial charge in [0, 0.05) is 20.2 Å². The summed E-state index contributed by atoms with van der Waals surface area (Å²) >= 11 is 0. The Labute approximate surface area is 65.5 Å². The van der Waals surface area contributed by atoms with Gasteiger partial charge in [0.15, 0.2) is 0 Å². The maximum atomic E-state index is 11.0. The Kier molecular flexibility index (Phi) is 3.04. The number of rotatable bonds is 2. The van der Waals surface area contributed by atoms with Crippen molar-refractivity contribution in [2.45, 2.75) is 0 Å². The van der Waals surface area contributed by atoms with Gasteiger partial charge in [0.1, 0.15) is 0 Å². The average molecular weight is 180 g/mol. The van der Waals surface area contributed by atoms with Gasteiger partial charge in [-0.05, 0) is 0 Å². The van der Waals surface area contributed by atoms with Crippen molar-refractivity contribution in [3.63, 3.8) is 0 Å². The van der Waals surface area contributed by atoms with Gasteiger partial charge in [-0.15, -0.1) is 0 Å². The van der Waals surface area contributed by atoms with Gasteiger partial charge < -0.3 is 14.2 Å². The average Bonchev–Trinajstić information content (AvgIpc) is 2.06. The van der Waals surface area contributed by atoms with Gasteiger partial charge in [-0.3, -0.25) is 4.57 Å². The first-order valence-corrected chi connectivity index (χ1v) is 4.86. The van der Waals surface area contributed by atoms with Gasteiger partial charge in [-0.2, -0.15) is 0 Å². The lowest BCUT2D eigenvalue weighted by Crippen LogP contribution is -2.37. The minimum atomic E-state index is -3.75. The van der Waals surface area contributed by atoms with Crippen molar-refractivity contribution < 1.29 is 18.7 Å². The molecular formula is C5H11NO4P-. The van der Waals surface area contributed by atoms with Gasteiger partial charge in [0.25, 0.3) is 0 Å². The van der Waals surface area contributed by atoms with E-state index in [1.807, 2.05) is 0 Å². The lowest BCUT2D eigenvalue weighted by atomic mass is 10.5. The van der Waals surface area contributed by atoms with Crippen LogP contribution in [-0.4, -0.2) is 38.1 Å². The highest BCUT2D eigenvalue weighted by atomic mass is 31.2. The molecule has 0 bridgehead atoms. The fourth-order valence-electron chi connectivity index (χ4n) is 0.914. The van der Waals surface area contributed by atoms with E-state index in [4.69, 9.17) is 4.74 Å². The molecule has 1 aliphatic heterocycles. The first-order chi connectivity index (χ1) is 5.17. The van der Waals surface area contributed by atoms with Gasteiger partial charge in [-0.25, -0.2) is 4.67 Å². The largest absolute Gasteiger partial charge is 0.766 e. The smallest absolute Gasteiger partial charge is 0.206 e. The standard InChI is InChI=1S/C5H12NO4P/c1-9-11(7,8)6-2-4-10-5-3-6/h2-5H2,1H3,(H,7,8)/p-1. The minimum absolute atomic E-state index is 0.397. The lowest BCUT2D eigenvalue weighted by Gasteiger charge is -2.36. The summed E-state index contributed by atoms with van der Waals surface area (Å²) < 4.78 is 21.6. The van der Waals surface area contributed by atoms with Crippen molar-refractivity contribution in [3.8, 4) is 0 Å². The number of hydrogen-bond acceptors (Lipinski definition) is 4. The number of nitrogens with zero attached hydrogens (tertiary/aromatic N) is 1. The van der Waals surface area contributed by atoms with Crippen LogP contribution in [0.15, 0.2) is 0 Å². The zero-order valence-corrected chi connectivity index (χ0v) is 7.25. The Hall–Kier alpha value is 0.0700. The third-order valence-corrected chi connectivity index (χ3v) is 3.12. The molecule has 1 aliphatic rings. The second-order valence-corrected chi connectivity index (χ2v) is 4.09. The van der Waals surface area contributed by atoms with E-state index in [1.54, 1.807) is 0 Å². The van der Waals surface area contributed by atoms with Gasteiger partial charge in [0.2, 0.25) is 7.75 Å². The molecule has 0 spiro atoms. The van der Waals surface area contributed by atoms with E-state index in [0.29, 0.717) is 26.3 Å². The van der Waals surface area contributed by atoms with Crippen LogP contribution in [0.2, 0.25) is 0 Å². The Morgan fingerprint density at radius 2 is 2.09 bits per heavy atom. The Morgan fingerprint density at radius 3 is 2.55 bits per heavy atom. The maximum absolute atomic E-state index is 11.0. The molecule has 0 aromatic carbocycles. The highest BCUT2D eigenvalue weighted by Gasteiger charge is 2.20. The summed E-state index contributed by atoms with van der Waals surface area (Å²) in [5.41, 5.74) is 0. The van der Waals surface area contributed by atoms with Crippen LogP contribution in [0.1, 0.15) is 0 Å². The van der Waals surface area contributed by atoms with Gasteiger partial charge >= 0.3 is 0 Å². The molecule has 0 aliphatic carbocycles. The van der Waals surface area contributed by atoms with E-state index in [-0.39, 0.29) is 0 Å². The van der Waals surface area contributed by atoms with Crippen LogP contribution in [0, 0.1) is 0 Å². The summed E-state index contributed by atoms with van der Waals surface area (Å²) in [6.07, 6.45) is 0. The molecule has 0 amide bonds. The summed E-state index contributed by atoms with van der Waals surface area (Å²) in [5, 5.41) is 0. The van der Waals surface area contributed by atoms with E-state index < -0.39 is 7.75 Å². The van der Waals surface area contributed by atoms with E-state index in [9.17, 15) is 9.46 Å². The van der Waals surface area contributed by atoms with E-state index >= 15 is 0 Å². The molecule has 0 saturated carbocycles. The quantitative estimate of drug-likeness (QED) is 0.532. The Balaban J connectivity index is 2.51. The molecule has 0 N–H and O–H groups in total. The summed E-state index contributed by atoms with van der Waals surface area (Å²) in [6.45, 7) is 1.70. The van der Waals surface area contributed by atoms with Crippen molar-refractivity contribution in [2.75, 3.05) is 33.4 Å². The molecule has 1 fully saturated rings. The zero-order chi connectivity index (χ0) is 8.32. The van der Waals surface area contributed by atoms with Gasteiger partial charge in [0.05, 0.1) is 13.2 Å². The summed E-state index contributed by atoms with van der Waals surface area (Å²) in [6, 6.07) is 0. The predicted molar refractivity (Wildman–Crippen MR) is 37.0 cm³/mol. The molecule has 1 unspecified atom stereocenters. The summed E-state index contributed by atoms with van der Waals surface area (Å²) in [5.74, 6) is 0. The first kappa shape index (κ1) is 9.16. The van der Waals surface area contributed by atoms with Crippen LogP contribution in [0.5, 0.6) is 0 Å². The first-order valence-electron chi connectivity index (χ1n) is 3.37. The van der Waals surface area contributed by atoms with E-state index in [2.05, 4.69) is 4.52 Å². The third kappa shape index (κ3) is 2.25. The van der Waals surface area contributed by atoms with Crippen LogP contribution in [0.3, 0.4) is 0 Å². The molecule has 1 atom stereocenters. The highest BCUT2D eigenvalue weighted by molar-refractivity contribution is 7.48. The molecule has 1 heterocycles. The predicted octanol–water partition coefficient (Wildman–Crippen LogP) is -0.567. The van der Waals surface area contributed by atoms with Crippen molar-refractivity contribution in [3.05, 3.63) is 0 Å². The second kappa shape index (κ2) is 3.65. The molecule has 6 heteroatoms. The van der Waals surface area contributed by atoms with Crippen LogP contribution in [0.4, 0.5) is 0 Å². The second-order valence-electron chi connectivity index (χ2n) is 2.22. The number of ether oxygens (including phenoxy) is 1. The van der Waals surface area contributed by atoms with E-state index in [0.717, 1.165) is 0 Å². The topological polar surface area (TPSA) is 61.8 Å². The van der Waals surface area contributed by atoms with Crippen LogP contribution >= 0.6 is 7.75 Å². The van der Waals surface area contributed by atoms with Crippen LogP contribution in [0.25, 0.3) is 0 Å². The fraction of sp³-hybridized carbons (Fsp3) is 1.00.